The zero-order valence-electron chi connectivity index (χ0n) is 11.4. The molecule has 0 aliphatic rings. The summed E-state index contributed by atoms with van der Waals surface area (Å²) >= 11 is 0. The standard InChI is InChI=1S/C14H14F2N2O2S/c1-8-5-11(17)6-9(2)14(8)21(19,20)18-13-4-3-10(15)7-12(13)16/h3-7,18H,17H2,1-2H3. The number of sulfonamides is 1. The van der Waals surface area contributed by atoms with Crippen molar-refractivity contribution in [2.24, 2.45) is 0 Å². The molecule has 2 aromatic carbocycles. The molecule has 0 unspecified atom stereocenters. The van der Waals surface area contributed by atoms with Crippen molar-refractivity contribution in [1.29, 1.82) is 0 Å². The van der Waals surface area contributed by atoms with Gasteiger partial charge >= 0.3 is 0 Å². The van der Waals surface area contributed by atoms with Crippen LogP contribution in [0, 0.1) is 25.5 Å². The van der Waals surface area contributed by atoms with Crippen molar-refractivity contribution in [3.05, 3.63) is 53.1 Å². The highest BCUT2D eigenvalue weighted by atomic mass is 32.2. The van der Waals surface area contributed by atoms with Gasteiger partial charge in [0.2, 0.25) is 0 Å². The van der Waals surface area contributed by atoms with Crippen LogP contribution in [-0.2, 0) is 10.0 Å². The molecule has 0 bridgehead atoms. The molecule has 0 aromatic heterocycles. The number of nitrogens with one attached hydrogen (secondary N) is 1. The molecule has 112 valence electrons. The number of aryl methyl sites for hydroxylation is 2. The van der Waals surface area contributed by atoms with E-state index in [-0.39, 0.29) is 10.6 Å². The largest absolute Gasteiger partial charge is 0.399 e. The van der Waals surface area contributed by atoms with Crippen molar-refractivity contribution in [3.63, 3.8) is 0 Å². The van der Waals surface area contributed by atoms with Gasteiger partial charge in [-0.15, -0.1) is 0 Å². The van der Waals surface area contributed by atoms with Gasteiger partial charge < -0.3 is 5.73 Å². The van der Waals surface area contributed by atoms with Crippen molar-refractivity contribution in [2.45, 2.75) is 18.7 Å². The van der Waals surface area contributed by atoms with Crippen LogP contribution >= 0.6 is 0 Å². The fraction of sp³-hybridized carbons (Fsp3) is 0.143. The maximum absolute atomic E-state index is 13.6. The van der Waals surface area contributed by atoms with Gasteiger partial charge in [0.05, 0.1) is 10.6 Å². The second-order valence-electron chi connectivity index (χ2n) is 4.71. The number of anilines is 2. The lowest BCUT2D eigenvalue weighted by Gasteiger charge is -2.14. The van der Waals surface area contributed by atoms with Crippen LogP contribution in [0.2, 0.25) is 0 Å². The van der Waals surface area contributed by atoms with Crippen LogP contribution in [-0.4, -0.2) is 8.42 Å². The van der Waals surface area contributed by atoms with Gasteiger partial charge in [-0.05, 0) is 49.2 Å². The number of rotatable bonds is 3. The van der Waals surface area contributed by atoms with E-state index < -0.39 is 21.7 Å². The molecule has 0 atom stereocenters. The van der Waals surface area contributed by atoms with E-state index in [1.807, 2.05) is 0 Å². The van der Waals surface area contributed by atoms with Crippen molar-refractivity contribution in [2.75, 3.05) is 10.5 Å². The Morgan fingerprint density at radius 1 is 1.05 bits per heavy atom. The lowest BCUT2D eigenvalue weighted by Crippen LogP contribution is -2.17. The Hall–Kier alpha value is -2.15. The predicted molar refractivity (Wildman–Crippen MR) is 77.5 cm³/mol. The first kappa shape index (κ1) is 15.2. The van der Waals surface area contributed by atoms with E-state index in [1.165, 1.54) is 12.1 Å². The summed E-state index contributed by atoms with van der Waals surface area (Å²) in [5.41, 5.74) is 6.67. The van der Waals surface area contributed by atoms with E-state index in [9.17, 15) is 17.2 Å². The second-order valence-corrected chi connectivity index (χ2v) is 6.33. The normalized spacial score (nSPS) is 11.4. The summed E-state index contributed by atoms with van der Waals surface area (Å²) in [7, 11) is -3.99. The average molecular weight is 312 g/mol. The summed E-state index contributed by atoms with van der Waals surface area (Å²) in [6.45, 7) is 3.19. The van der Waals surface area contributed by atoms with Crippen LogP contribution in [0.4, 0.5) is 20.2 Å². The molecule has 0 heterocycles. The Kier molecular flexibility index (Phi) is 3.87. The summed E-state index contributed by atoms with van der Waals surface area (Å²) in [6.07, 6.45) is 0. The quantitative estimate of drug-likeness (QED) is 0.856. The molecule has 3 N–H and O–H groups in total. The molecular weight excluding hydrogens is 298 g/mol. The summed E-state index contributed by atoms with van der Waals surface area (Å²) in [6, 6.07) is 5.65. The molecule has 21 heavy (non-hydrogen) atoms. The van der Waals surface area contributed by atoms with E-state index in [1.54, 1.807) is 13.8 Å². The summed E-state index contributed by atoms with van der Waals surface area (Å²) in [5.74, 6) is -1.76. The summed E-state index contributed by atoms with van der Waals surface area (Å²) in [5, 5.41) is 0. The number of halogens is 2. The monoisotopic (exact) mass is 312 g/mol. The molecule has 2 rings (SSSR count). The molecule has 0 saturated carbocycles. The molecule has 0 amide bonds. The second kappa shape index (κ2) is 5.33. The molecule has 2 aromatic rings. The number of nitrogens with two attached hydrogens (primary N) is 1. The van der Waals surface area contributed by atoms with Gasteiger partial charge in [-0.1, -0.05) is 0 Å². The Bertz CT molecular complexity index is 782. The van der Waals surface area contributed by atoms with Gasteiger partial charge in [-0.2, -0.15) is 0 Å². The third-order valence-corrected chi connectivity index (χ3v) is 4.60. The molecular formula is C14H14F2N2O2S. The van der Waals surface area contributed by atoms with E-state index in [0.29, 0.717) is 22.9 Å². The Balaban J connectivity index is 2.48. The molecule has 0 radical (unpaired) electrons. The Morgan fingerprint density at radius 3 is 2.14 bits per heavy atom. The van der Waals surface area contributed by atoms with E-state index >= 15 is 0 Å². The molecule has 0 spiro atoms. The molecule has 0 aliphatic heterocycles. The molecule has 0 fully saturated rings. The van der Waals surface area contributed by atoms with Crippen LogP contribution in [0.5, 0.6) is 0 Å². The Labute approximate surface area is 121 Å². The third-order valence-electron chi connectivity index (χ3n) is 2.93. The van der Waals surface area contributed by atoms with Gasteiger partial charge in [0.1, 0.15) is 11.6 Å². The zero-order chi connectivity index (χ0) is 15.8. The minimum atomic E-state index is -3.99. The van der Waals surface area contributed by atoms with Gasteiger partial charge in [-0.3, -0.25) is 4.72 Å². The van der Waals surface area contributed by atoms with E-state index in [2.05, 4.69) is 4.72 Å². The van der Waals surface area contributed by atoms with Crippen LogP contribution in [0.15, 0.2) is 35.2 Å². The third kappa shape index (κ3) is 3.13. The highest BCUT2D eigenvalue weighted by Crippen LogP contribution is 2.26. The summed E-state index contributed by atoms with van der Waals surface area (Å²) in [4.78, 5) is 0.0282. The van der Waals surface area contributed by atoms with Gasteiger partial charge in [0, 0.05) is 11.8 Å². The van der Waals surface area contributed by atoms with Crippen LogP contribution in [0.25, 0.3) is 0 Å². The fourth-order valence-corrected chi connectivity index (χ4v) is 3.70. The van der Waals surface area contributed by atoms with Crippen LogP contribution < -0.4 is 10.5 Å². The Morgan fingerprint density at radius 2 is 1.62 bits per heavy atom. The topological polar surface area (TPSA) is 72.2 Å². The fourth-order valence-electron chi connectivity index (χ4n) is 2.18. The molecule has 7 heteroatoms. The van der Waals surface area contributed by atoms with Crippen molar-refractivity contribution >= 4 is 21.4 Å². The van der Waals surface area contributed by atoms with Gasteiger partial charge in [-0.25, -0.2) is 17.2 Å². The lowest BCUT2D eigenvalue weighted by atomic mass is 10.1. The van der Waals surface area contributed by atoms with Crippen molar-refractivity contribution < 1.29 is 17.2 Å². The predicted octanol–water partition coefficient (Wildman–Crippen LogP) is 2.96. The molecule has 4 nitrogen and oxygen atoms in total. The molecule has 0 saturated heterocycles. The number of benzene rings is 2. The highest BCUT2D eigenvalue weighted by molar-refractivity contribution is 7.92. The van der Waals surface area contributed by atoms with Crippen LogP contribution in [0.3, 0.4) is 0 Å². The lowest BCUT2D eigenvalue weighted by molar-refractivity contribution is 0.582. The van der Waals surface area contributed by atoms with Gasteiger partial charge in [0.25, 0.3) is 10.0 Å². The van der Waals surface area contributed by atoms with Crippen LogP contribution in [0.1, 0.15) is 11.1 Å². The zero-order valence-corrected chi connectivity index (χ0v) is 12.3. The van der Waals surface area contributed by atoms with Crippen molar-refractivity contribution in [1.82, 2.24) is 0 Å². The maximum Gasteiger partial charge on any atom is 0.262 e. The average Bonchev–Trinajstić information content (AvgIpc) is 2.30. The first-order chi connectivity index (χ1) is 9.70. The first-order valence-corrected chi connectivity index (χ1v) is 7.53. The van der Waals surface area contributed by atoms with E-state index in [4.69, 9.17) is 5.73 Å². The first-order valence-electron chi connectivity index (χ1n) is 6.05. The smallest absolute Gasteiger partial charge is 0.262 e. The van der Waals surface area contributed by atoms with Gasteiger partial charge in [0.15, 0.2) is 0 Å². The van der Waals surface area contributed by atoms with E-state index in [0.717, 1.165) is 12.1 Å². The van der Waals surface area contributed by atoms with Crippen molar-refractivity contribution in [3.8, 4) is 0 Å². The minimum Gasteiger partial charge on any atom is -0.399 e. The summed E-state index contributed by atoms with van der Waals surface area (Å²) < 4.78 is 53.3. The molecule has 0 aliphatic carbocycles. The number of hydrogen-bond donors (Lipinski definition) is 2. The maximum atomic E-state index is 13.6. The minimum absolute atomic E-state index is 0.0282. The highest BCUT2D eigenvalue weighted by Gasteiger charge is 2.21. The SMILES string of the molecule is Cc1cc(N)cc(C)c1S(=O)(=O)Nc1ccc(F)cc1F. The number of hydrogen-bond acceptors (Lipinski definition) is 3. The number of nitrogen functional groups attached to an aromatic ring is 1.